The molecule has 130 valence electrons. The molecule has 0 aromatic heterocycles. The van der Waals surface area contributed by atoms with Gasteiger partial charge in [-0.3, -0.25) is 4.79 Å². The first-order valence-electron chi connectivity index (χ1n) is 9.08. The van der Waals surface area contributed by atoms with Gasteiger partial charge in [0.15, 0.2) is 0 Å². The fourth-order valence-electron chi connectivity index (χ4n) is 2.64. The van der Waals surface area contributed by atoms with Crippen molar-refractivity contribution in [1.29, 1.82) is 0 Å². The van der Waals surface area contributed by atoms with E-state index in [0.29, 0.717) is 12.5 Å². The highest BCUT2D eigenvalue weighted by Crippen LogP contribution is 2.35. The maximum Gasteiger partial charge on any atom is 0.308 e. The second-order valence-corrected chi connectivity index (χ2v) is 6.72. The number of esters is 1. The van der Waals surface area contributed by atoms with E-state index in [4.69, 9.17) is 14.5 Å². The SMILES string of the molecule is CCCCC(CC)COC(=O)C(CCCC)CCC1(C)OO1. The minimum atomic E-state index is -0.460. The van der Waals surface area contributed by atoms with Gasteiger partial charge in [0.2, 0.25) is 5.79 Å². The Hall–Kier alpha value is -0.610. The van der Waals surface area contributed by atoms with Crippen molar-refractivity contribution in [2.24, 2.45) is 11.8 Å². The van der Waals surface area contributed by atoms with E-state index >= 15 is 0 Å². The van der Waals surface area contributed by atoms with Crippen LogP contribution in [0.4, 0.5) is 0 Å². The molecule has 2 unspecified atom stereocenters. The Bertz CT molecular complexity index is 312. The predicted molar refractivity (Wildman–Crippen MR) is 87.1 cm³/mol. The maximum absolute atomic E-state index is 12.4. The van der Waals surface area contributed by atoms with Crippen LogP contribution < -0.4 is 0 Å². The first-order chi connectivity index (χ1) is 10.5. The molecular weight excluding hydrogens is 280 g/mol. The van der Waals surface area contributed by atoms with Gasteiger partial charge in [-0.05, 0) is 32.1 Å². The van der Waals surface area contributed by atoms with Crippen molar-refractivity contribution in [3.05, 3.63) is 0 Å². The highest BCUT2D eigenvalue weighted by molar-refractivity contribution is 5.72. The van der Waals surface area contributed by atoms with E-state index in [-0.39, 0.29) is 11.9 Å². The summed E-state index contributed by atoms with van der Waals surface area (Å²) in [6, 6.07) is 0. The van der Waals surface area contributed by atoms with Gasteiger partial charge in [0.05, 0.1) is 12.5 Å². The fourth-order valence-corrected chi connectivity index (χ4v) is 2.64. The van der Waals surface area contributed by atoms with Gasteiger partial charge in [0, 0.05) is 6.42 Å². The Labute approximate surface area is 135 Å². The van der Waals surface area contributed by atoms with Crippen LogP contribution in [0.5, 0.6) is 0 Å². The Morgan fingerprint density at radius 2 is 1.68 bits per heavy atom. The summed E-state index contributed by atoms with van der Waals surface area (Å²) in [5.74, 6) is -0.0121. The Kier molecular flexibility index (Phi) is 9.03. The monoisotopic (exact) mass is 314 g/mol. The summed E-state index contributed by atoms with van der Waals surface area (Å²) < 4.78 is 5.62. The zero-order chi connectivity index (χ0) is 16.4. The highest BCUT2D eigenvalue weighted by atomic mass is 17.4. The van der Waals surface area contributed by atoms with Crippen molar-refractivity contribution in [3.8, 4) is 0 Å². The van der Waals surface area contributed by atoms with Crippen LogP contribution in [0, 0.1) is 11.8 Å². The molecule has 0 spiro atoms. The second kappa shape index (κ2) is 10.2. The van der Waals surface area contributed by atoms with Gasteiger partial charge in [-0.2, -0.15) is 9.78 Å². The van der Waals surface area contributed by atoms with Crippen LogP contribution in [-0.2, 0) is 19.3 Å². The minimum Gasteiger partial charge on any atom is -0.465 e. The molecule has 0 saturated carbocycles. The average molecular weight is 314 g/mol. The van der Waals surface area contributed by atoms with Crippen LogP contribution >= 0.6 is 0 Å². The number of ether oxygens (including phenoxy) is 1. The summed E-state index contributed by atoms with van der Waals surface area (Å²) in [5.41, 5.74) is 0. The van der Waals surface area contributed by atoms with Crippen molar-refractivity contribution in [3.63, 3.8) is 0 Å². The van der Waals surface area contributed by atoms with Crippen LogP contribution in [0.2, 0.25) is 0 Å². The van der Waals surface area contributed by atoms with Gasteiger partial charge >= 0.3 is 5.97 Å². The van der Waals surface area contributed by atoms with E-state index < -0.39 is 5.79 Å². The third-order valence-corrected chi connectivity index (χ3v) is 4.56. The van der Waals surface area contributed by atoms with Gasteiger partial charge in [-0.15, -0.1) is 0 Å². The first kappa shape index (κ1) is 19.4. The molecular formula is C18H34O4. The number of carbonyl (C=O) groups is 1. The Morgan fingerprint density at radius 1 is 1.05 bits per heavy atom. The molecule has 0 bridgehead atoms. The summed E-state index contributed by atoms with van der Waals surface area (Å²) in [7, 11) is 0. The molecule has 0 aromatic carbocycles. The summed E-state index contributed by atoms with van der Waals surface area (Å²) >= 11 is 0. The molecule has 0 amide bonds. The number of rotatable bonds is 13. The van der Waals surface area contributed by atoms with Crippen LogP contribution in [0.25, 0.3) is 0 Å². The van der Waals surface area contributed by atoms with E-state index in [1.807, 2.05) is 6.92 Å². The van der Waals surface area contributed by atoms with E-state index in [1.165, 1.54) is 12.8 Å². The minimum absolute atomic E-state index is 0.0201. The van der Waals surface area contributed by atoms with E-state index in [2.05, 4.69) is 20.8 Å². The molecule has 4 heteroatoms. The average Bonchev–Trinajstić information content (AvgIpc) is 3.25. The number of hydrogen-bond donors (Lipinski definition) is 0. The lowest BCUT2D eigenvalue weighted by molar-refractivity contribution is -0.150. The molecule has 0 aromatic rings. The fraction of sp³-hybridized carbons (Fsp3) is 0.944. The predicted octanol–water partition coefficient (Wildman–Crippen LogP) is 5.01. The lowest BCUT2D eigenvalue weighted by atomic mass is 9.94. The molecule has 1 fully saturated rings. The smallest absolute Gasteiger partial charge is 0.308 e. The van der Waals surface area contributed by atoms with E-state index in [0.717, 1.165) is 44.9 Å². The maximum atomic E-state index is 12.4. The van der Waals surface area contributed by atoms with Crippen molar-refractivity contribution in [2.75, 3.05) is 6.61 Å². The molecule has 1 aliphatic rings. The number of carbonyl (C=O) groups excluding carboxylic acids is 1. The molecule has 1 rings (SSSR count). The van der Waals surface area contributed by atoms with Gasteiger partial charge in [-0.1, -0.05) is 52.9 Å². The van der Waals surface area contributed by atoms with Crippen LogP contribution in [0.3, 0.4) is 0 Å². The molecule has 22 heavy (non-hydrogen) atoms. The number of hydrogen-bond acceptors (Lipinski definition) is 4. The van der Waals surface area contributed by atoms with Gasteiger partial charge < -0.3 is 4.74 Å². The largest absolute Gasteiger partial charge is 0.465 e. The molecule has 4 nitrogen and oxygen atoms in total. The summed E-state index contributed by atoms with van der Waals surface area (Å²) in [5, 5.41) is 0. The molecule has 1 heterocycles. The topological polar surface area (TPSA) is 51.4 Å². The Morgan fingerprint density at radius 3 is 2.23 bits per heavy atom. The van der Waals surface area contributed by atoms with Crippen LogP contribution in [0.1, 0.15) is 85.5 Å². The molecule has 1 aliphatic heterocycles. The standard InChI is InChI=1S/C18H34O4/c1-5-8-10-15(7-3)14-20-17(19)16(11-9-6-2)12-13-18(4)21-22-18/h15-16H,5-14H2,1-4H3. The highest BCUT2D eigenvalue weighted by Gasteiger charge is 2.43. The van der Waals surface area contributed by atoms with Crippen LogP contribution in [-0.4, -0.2) is 18.4 Å². The summed E-state index contributed by atoms with van der Waals surface area (Å²) in [6.45, 7) is 9.00. The quantitative estimate of drug-likeness (QED) is 0.272. The first-order valence-corrected chi connectivity index (χ1v) is 9.08. The van der Waals surface area contributed by atoms with Gasteiger partial charge in [-0.25, -0.2) is 0 Å². The second-order valence-electron chi connectivity index (χ2n) is 6.72. The normalized spacial score (nSPS) is 18.7. The molecule has 0 N–H and O–H groups in total. The summed E-state index contributed by atoms with van der Waals surface area (Å²) in [6.07, 6.45) is 9.23. The van der Waals surface area contributed by atoms with E-state index in [9.17, 15) is 4.79 Å². The lowest BCUT2D eigenvalue weighted by Gasteiger charge is -2.19. The van der Waals surface area contributed by atoms with E-state index in [1.54, 1.807) is 0 Å². The molecule has 1 saturated heterocycles. The van der Waals surface area contributed by atoms with Gasteiger partial charge in [0.25, 0.3) is 0 Å². The molecule has 2 atom stereocenters. The third-order valence-electron chi connectivity index (χ3n) is 4.56. The van der Waals surface area contributed by atoms with Gasteiger partial charge in [0.1, 0.15) is 0 Å². The third kappa shape index (κ3) is 7.59. The molecule has 0 aliphatic carbocycles. The Balaban J connectivity index is 2.36. The number of unbranched alkanes of at least 4 members (excludes halogenated alkanes) is 2. The van der Waals surface area contributed by atoms with Crippen molar-refractivity contribution < 1.29 is 19.3 Å². The zero-order valence-corrected chi connectivity index (χ0v) is 14.9. The van der Waals surface area contributed by atoms with Crippen molar-refractivity contribution in [2.45, 2.75) is 91.3 Å². The van der Waals surface area contributed by atoms with Crippen LogP contribution in [0.15, 0.2) is 0 Å². The van der Waals surface area contributed by atoms with Crippen molar-refractivity contribution in [1.82, 2.24) is 0 Å². The zero-order valence-electron chi connectivity index (χ0n) is 14.9. The lowest BCUT2D eigenvalue weighted by Crippen LogP contribution is -2.23. The van der Waals surface area contributed by atoms with Crippen molar-refractivity contribution >= 4 is 5.97 Å². The summed E-state index contributed by atoms with van der Waals surface area (Å²) in [4.78, 5) is 22.3. The molecule has 0 radical (unpaired) electrons.